The minimum Gasteiger partial charge on any atom is -0.227 e. The van der Waals surface area contributed by atoms with E-state index in [2.05, 4.69) is 38.4 Å². The normalized spacial score (nSPS) is 11.6. The summed E-state index contributed by atoms with van der Waals surface area (Å²) < 4.78 is 3.52. The van der Waals surface area contributed by atoms with E-state index in [1.807, 2.05) is 19.1 Å². The van der Waals surface area contributed by atoms with Crippen LogP contribution >= 0.6 is 50.2 Å². The van der Waals surface area contributed by atoms with Crippen molar-refractivity contribution < 1.29 is 0 Å². The van der Waals surface area contributed by atoms with Crippen molar-refractivity contribution in [3.05, 3.63) is 44.8 Å². The van der Waals surface area contributed by atoms with Crippen LogP contribution in [-0.4, -0.2) is 9.97 Å². The highest BCUT2D eigenvalue weighted by molar-refractivity contribution is 9.10. The number of fused-ring (bicyclic) bond motifs is 2. The van der Waals surface area contributed by atoms with Crippen LogP contribution in [-0.2, 0) is 0 Å². The van der Waals surface area contributed by atoms with Gasteiger partial charge in [-0.1, -0.05) is 27.5 Å². The molecule has 0 aliphatic rings. The first-order valence-corrected chi connectivity index (χ1v) is 9.09. The molecule has 3 aromatic heterocycles. The fourth-order valence-electron chi connectivity index (χ4n) is 2.31. The van der Waals surface area contributed by atoms with Gasteiger partial charge in [0.25, 0.3) is 0 Å². The number of thiophene rings is 2. The topological polar surface area (TPSA) is 25.8 Å². The molecule has 0 bridgehead atoms. The molecule has 0 radical (unpaired) electrons. The number of rotatable bonds is 1. The third-order valence-corrected chi connectivity index (χ3v) is 6.10. The Morgan fingerprint density at radius 1 is 1.14 bits per heavy atom. The zero-order valence-corrected chi connectivity index (χ0v) is 14.8. The van der Waals surface area contributed by atoms with Crippen molar-refractivity contribution in [1.82, 2.24) is 9.97 Å². The van der Waals surface area contributed by atoms with Crippen molar-refractivity contribution in [3.63, 3.8) is 0 Å². The minimum atomic E-state index is 0.496. The molecule has 4 aromatic rings. The molecule has 6 heteroatoms. The molecule has 21 heavy (non-hydrogen) atoms. The molecule has 0 saturated carbocycles. The summed E-state index contributed by atoms with van der Waals surface area (Å²) in [5, 5.41) is 3.47. The molecule has 0 spiro atoms. The Morgan fingerprint density at radius 2 is 2.00 bits per heavy atom. The Labute approximate surface area is 142 Å². The van der Waals surface area contributed by atoms with Gasteiger partial charge in [-0.15, -0.1) is 22.7 Å². The molecule has 0 saturated heterocycles. The molecule has 1 aromatic carbocycles. The molecular weight excluding hydrogens is 388 g/mol. The summed E-state index contributed by atoms with van der Waals surface area (Å²) in [5.41, 5.74) is 1.99. The Hall–Kier alpha value is -1.01. The Bertz CT molecular complexity index is 962. The van der Waals surface area contributed by atoms with Crippen molar-refractivity contribution in [2.24, 2.45) is 0 Å². The molecule has 104 valence electrons. The maximum absolute atomic E-state index is 6.36. The second kappa shape index (κ2) is 5.02. The maximum atomic E-state index is 6.36. The van der Waals surface area contributed by atoms with Gasteiger partial charge >= 0.3 is 0 Å². The number of nitrogens with zero attached hydrogens (tertiary/aromatic N) is 2. The molecule has 3 heterocycles. The first kappa shape index (κ1) is 13.6. The highest BCUT2D eigenvalue weighted by Crippen LogP contribution is 2.37. The van der Waals surface area contributed by atoms with Gasteiger partial charge in [0, 0.05) is 19.3 Å². The van der Waals surface area contributed by atoms with Gasteiger partial charge in [-0.2, -0.15) is 0 Å². The van der Waals surface area contributed by atoms with E-state index in [-0.39, 0.29) is 0 Å². The SMILES string of the molecule is Cc1cc(Br)cc2c(Cl)nc(-c3cc4sccc4s3)nc12. The molecule has 0 aliphatic carbocycles. The lowest BCUT2D eigenvalue weighted by atomic mass is 10.1. The summed E-state index contributed by atoms with van der Waals surface area (Å²) in [6.07, 6.45) is 0. The number of halogens is 2. The molecule has 0 fully saturated rings. The molecule has 0 unspecified atom stereocenters. The average molecular weight is 396 g/mol. The second-order valence-corrected chi connectivity index (χ2v) is 8.02. The molecule has 4 rings (SSSR count). The van der Waals surface area contributed by atoms with Gasteiger partial charge in [0.15, 0.2) is 5.82 Å². The van der Waals surface area contributed by atoms with Crippen LogP contribution in [0.3, 0.4) is 0 Å². The summed E-state index contributed by atoms with van der Waals surface area (Å²) in [6, 6.07) is 8.26. The third-order valence-electron chi connectivity index (χ3n) is 3.27. The standard InChI is InChI=1S/C15H8BrClN2S2/c1-7-4-8(16)5-9-13(7)18-15(19-14(9)17)12-6-11-10(21-12)2-3-20-11/h2-6H,1H3. The van der Waals surface area contributed by atoms with E-state index >= 15 is 0 Å². The quantitative estimate of drug-likeness (QED) is 0.354. The van der Waals surface area contributed by atoms with E-state index in [0.29, 0.717) is 11.0 Å². The predicted molar refractivity (Wildman–Crippen MR) is 95.7 cm³/mol. The van der Waals surface area contributed by atoms with Crippen LogP contribution in [0.2, 0.25) is 5.15 Å². The Kier molecular flexibility index (Phi) is 3.26. The molecule has 0 atom stereocenters. The highest BCUT2D eigenvalue weighted by Gasteiger charge is 2.13. The van der Waals surface area contributed by atoms with Crippen LogP contribution in [0.1, 0.15) is 5.56 Å². The number of benzene rings is 1. The number of hydrogen-bond donors (Lipinski definition) is 0. The van der Waals surface area contributed by atoms with Crippen LogP contribution in [0.15, 0.2) is 34.1 Å². The summed E-state index contributed by atoms with van der Waals surface area (Å²) >= 11 is 13.3. The van der Waals surface area contributed by atoms with E-state index in [1.54, 1.807) is 22.7 Å². The number of hydrogen-bond acceptors (Lipinski definition) is 4. The van der Waals surface area contributed by atoms with E-state index < -0.39 is 0 Å². The average Bonchev–Trinajstić information content (AvgIpc) is 3.00. The molecular formula is C15H8BrClN2S2. The molecule has 2 nitrogen and oxygen atoms in total. The van der Waals surface area contributed by atoms with Crippen LogP contribution in [0.25, 0.3) is 31.0 Å². The lowest BCUT2D eigenvalue weighted by molar-refractivity contribution is 1.23. The first-order valence-electron chi connectivity index (χ1n) is 6.22. The van der Waals surface area contributed by atoms with E-state index in [1.165, 1.54) is 9.40 Å². The van der Waals surface area contributed by atoms with Crippen molar-refractivity contribution in [2.75, 3.05) is 0 Å². The van der Waals surface area contributed by atoms with E-state index in [9.17, 15) is 0 Å². The van der Waals surface area contributed by atoms with Crippen molar-refractivity contribution in [2.45, 2.75) is 6.92 Å². The van der Waals surface area contributed by atoms with Crippen molar-refractivity contribution in [1.29, 1.82) is 0 Å². The fourth-order valence-corrected chi connectivity index (χ4v) is 5.15. The Morgan fingerprint density at radius 3 is 2.81 bits per heavy atom. The largest absolute Gasteiger partial charge is 0.227 e. The number of aryl methyl sites for hydroxylation is 1. The molecule has 0 amide bonds. The summed E-state index contributed by atoms with van der Waals surface area (Å²) in [5.74, 6) is 0.700. The van der Waals surface area contributed by atoms with Gasteiger partial charge in [0.1, 0.15) is 5.15 Å². The van der Waals surface area contributed by atoms with Crippen LogP contribution < -0.4 is 0 Å². The second-order valence-electron chi connectivity index (χ2n) is 4.72. The third kappa shape index (κ3) is 2.28. The lowest BCUT2D eigenvalue weighted by Gasteiger charge is -2.06. The van der Waals surface area contributed by atoms with Gasteiger partial charge in [0.05, 0.1) is 10.4 Å². The van der Waals surface area contributed by atoms with Gasteiger partial charge < -0.3 is 0 Å². The van der Waals surface area contributed by atoms with E-state index in [4.69, 9.17) is 16.6 Å². The van der Waals surface area contributed by atoms with Crippen molar-refractivity contribution >= 4 is 70.5 Å². The number of aromatic nitrogens is 2. The maximum Gasteiger partial charge on any atom is 0.171 e. The summed E-state index contributed by atoms with van der Waals surface area (Å²) in [4.78, 5) is 10.3. The summed E-state index contributed by atoms with van der Waals surface area (Å²) in [7, 11) is 0. The van der Waals surface area contributed by atoms with Crippen LogP contribution in [0.5, 0.6) is 0 Å². The van der Waals surface area contributed by atoms with Gasteiger partial charge in [-0.3, -0.25) is 0 Å². The first-order chi connectivity index (χ1) is 10.1. The summed E-state index contributed by atoms with van der Waals surface area (Å²) in [6.45, 7) is 2.03. The zero-order valence-electron chi connectivity index (χ0n) is 10.9. The van der Waals surface area contributed by atoms with Gasteiger partial charge in [-0.05, 0) is 42.1 Å². The Balaban J connectivity index is 1.99. The molecule has 0 aliphatic heterocycles. The van der Waals surface area contributed by atoms with Crippen LogP contribution in [0, 0.1) is 6.92 Å². The van der Waals surface area contributed by atoms with Gasteiger partial charge in [-0.25, -0.2) is 9.97 Å². The lowest BCUT2D eigenvalue weighted by Crippen LogP contribution is -1.92. The predicted octanol–water partition coefficient (Wildman–Crippen LogP) is 6.30. The van der Waals surface area contributed by atoms with Crippen LogP contribution in [0.4, 0.5) is 0 Å². The van der Waals surface area contributed by atoms with E-state index in [0.717, 1.165) is 25.8 Å². The molecule has 0 N–H and O–H groups in total. The highest BCUT2D eigenvalue weighted by atomic mass is 79.9. The zero-order chi connectivity index (χ0) is 14.6. The minimum absolute atomic E-state index is 0.496. The van der Waals surface area contributed by atoms with Crippen molar-refractivity contribution in [3.8, 4) is 10.7 Å². The monoisotopic (exact) mass is 394 g/mol. The van der Waals surface area contributed by atoms with Gasteiger partial charge in [0.2, 0.25) is 0 Å². The smallest absolute Gasteiger partial charge is 0.171 e. The fraction of sp³-hybridized carbons (Fsp3) is 0.0667.